The minimum absolute atomic E-state index is 0.241. The van der Waals surface area contributed by atoms with Crippen LogP contribution in [-0.2, 0) is 9.59 Å². The van der Waals surface area contributed by atoms with Crippen LogP contribution < -0.4 is 20.3 Å². The largest absolute Gasteiger partial charge is 0.494 e. The van der Waals surface area contributed by atoms with E-state index in [2.05, 4.69) is 10.9 Å². The van der Waals surface area contributed by atoms with Crippen LogP contribution in [0.1, 0.15) is 45.1 Å². The summed E-state index contributed by atoms with van der Waals surface area (Å²) in [5.41, 5.74) is 5.90. The van der Waals surface area contributed by atoms with Crippen molar-refractivity contribution in [2.75, 3.05) is 6.61 Å². The van der Waals surface area contributed by atoms with Crippen molar-refractivity contribution in [1.29, 1.82) is 0 Å². The molecule has 6 nitrogen and oxygen atoms in total. The molecule has 2 rings (SSSR count). The molecule has 0 radical (unpaired) electrons. The Morgan fingerprint density at radius 2 is 1.50 bits per heavy atom. The molecular weight excluding hydrogens is 356 g/mol. The molecule has 6 heteroatoms. The maximum atomic E-state index is 12.5. The number of carbonyl (C=O) groups is 2. The number of amides is 2. The third-order valence-electron chi connectivity index (χ3n) is 4.22. The van der Waals surface area contributed by atoms with Crippen molar-refractivity contribution in [3.63, 3.8) is 0 Å². The van der Waals surface area contributed by atoms with Crippen LogP contribution in [0.25, 0.3) is 0 Å². The van der Waals surface area contributed by atoms with Crippen molar-refractivity contribution in [3.05, 3.63) is 60.2 Å². The zero-order valence-corrected chi connectivity index (χ0v) is 16.6. The molecule has 0 aliphatic carbocycles. The number of benzene rings is 2. The molecule has 0 spiro atoms. The fraction of sp³-hybridized carbons (Fsp3) is 0.364. The van der Waals surface area contributed by atoms with Gasteiger partial charge in [-0.05, 0) is 50.1 Å². The van der Waals surface area contributed by atoms with Crippen molar-refractivity contribution in [2.24, 2.45) is 0 Å². The Labute approximate surface area is 166 Å². The van der Waals surface area contributed by atoms with Gasteiger partial charge in [0.15, 0.2) is 6.10 Å². The molecule has 2 N–H and O–H groups in total. The van der Waals surface area contributed by atoms with E-state index in [1.807, 2.05) is 44.2 Å². The van der Waals surface area contributed by atoms with Crippen molar-refractivity contribution in [2.45, 2.75) is 45.6 Å². The predicted molar refractivity (Wildman–Crippen MR) is 108 cm³/mol. The zero-order chi connectivity index (χ0) is 20.4. The molecule has 150 valence electrons. The van der Waals surface area contributed by atoms with Crippen LogP contribution in [0.4, 0.5) is 0 Å². The van der Waals surface area contributed by atoms with E-state index in [1.54, 1.807) is 31.2 Å². The van der Waals surface area contributed by atoms with Crippen molar-refractivity contribution in [3.8, 4) is 11.5 Å². The Hall–Kier alpha value is -3.02. The lowest BCUT2D eigenvalue weighted by Crippen LogP contribution is -2.48. The van der Waals surface area contributed by atoms with Crippen molar-refractivity contribution in [1.82, 2.24) is 10.9 Å². The second kappa shape index (κ2) is 11.0. The molecule has 2 aromatic rings. The molecule has 0 aromatic heterocycles. The van der Waals surface area contributed by atoms with Gasteiger partial charge in [0.2, 0.25) is 5.91 Å². The van der Waals surface area contributed by atoms with E-state index >= 15 is 0 Å². The number of nitrogens with one attached hydrogen (secondary N) is 2. The fourth-order valence-electron chi connectivity index (χ4n) is 2.77. The van der Waals surface area contributed by atoms with Crippen LogP contribution in [0.2, 0.25) is 0 Å². The zero-order valence-electron chi connectivity index (χ0n) is 16.6. The first-order chi connectivity index (χ1) is 13.5. The summed E-state index contributed by atoms with van der Waals surface area (Å²) >= 11 is 0. The van der Waals surface area contributed by atoms with Gasteiger partial charge in [0, 0.05) is 0 Å². The van der Waals surface area contributed by atoms with Crippen LogP contribution in [0.5, 0.6) is 11.5 Å². The average Bonchev–Trinajstić information content (AvgIpc) is 2.72. The summed E-state index contributed by atoms with van der Waals surface area (Å²) < 4.78 is 11.0. The van der Waals surface area contributed by atoms with Crippen LogP contribution in [-0.4, -0.2) is 24.5 Å². The number of hydrazine groups is 1. The number of hydrogen-bond donors (Lipinski definition) is 2. The van der Waals surface area contributed by atoms with Gasteiger partial charge >= 0.3 is 0 Å². The highest BCUT2D eigenvalue weighted by atomic mass is 16.5. The average molecular weight is 384 g/mol. The Balaban J connectivity index is 1.88. The van der Waals surface area contributed by atoms with E-state index in [9.17, 15) is 9.59 Å². The van der Waals surface area contributed by atoms with Crippen LogP contribution >= 0.6 is 0 Å². The van der Waals surface area contributed by atoms with E-state index in [-0.39, 0.29) is 11.8 Å². The third kappa shape index (κ3) is 6.30. The molecule has 2 aromatic carbocycles. The standard InChI is InChI=1S/C22H28N2O4/c1-4-9-20(17-10-7-6-8-11-17)22(26)24-23-21(25)16(3)28-19-14-12-18(13-15-19)27-5-2/h6-8,10-16,20H,4-5,9H2,1-3H3,(H,23,25)(H,24,26)/t16-,20-/m1/s1. The molecule has 0 heterocycles. The van der Waals surface area contributed by atoms with Crippen molar-refractivity contribution >= 4 is 11.8 Å². The van der Waals surface area contributed by atoms with Gasteiger partial charge in [-0.15, -0.1) is 0 Å². The second-order valence-electron chi connectivity index (χ2n) is 6.39. The fourth-order valence-corrected chi connectivity index (χ4v) is 2.77. The van der Waals surface area contributed by atoms with Gasteiger partial charge in [-0.25, -0.2) is 0 Å². The van der Waals surface area contributed by atoms with Crippen LogP contribution in [0, 0.1) is 0 Å². The Kier molecular flexibility index (Phi) is 8.34. The molecule has 0 aliphatic heterocycles. The molecule has 0 bridgehead atoms. The summed E-state index contributed by atoms with van der Waals surface area (Å²) in [6.45, 7) is 6.14. The molecule has 0 fully saturated rings. The molecule has 0 saturated carbocycles. The van der Waals surface area contributed by atoms with E-state index in [0.717, 1.165) is 17.7 Å². The van der Waals surface area contributed by atoms with Gasteiger partial charge in [-0.1, -0.05) is 43.7 Å². The highest BCUT2D eigenvalue weighted by Gasteiger charge is 2.21. The molecule has 0 saturated heterocycles. The summed E-state index contributed by atoms with van der Waals surface area (Å²) in [5, 5.41) is 0. The van der Waals surface area contributed by atoms with Gasteiger partial charge in [0.25, 0.3) is 5.91 Å². The van der Waals surface area contributed by atoms with Crippen LogP contribution in [0.15, 0.2) is 54.6 Å². The van der Waals surface area contributed by atoms with Gasteiger partial charge in [-0.3, -0.25) is 20.4 Å². The first kappa shape index (κ1) is 21.3. The molecule has 0 aliphatic rings. The lowest BCUT2D eigenvalue weighted by atomic mass is 9.94. The number of hydrogen-bond acceptors (Lipinski definition) is 4. The lowest BCUT2D eigenvalue weighted by molar-refractivity contribution is -0.133. The predicted octanol–water partition coefficient (Wildman–Crippen LogP) is 3.58. The monoisotopic (exact) mass is 384 g/mol. The normalized spacial score (nSPS) is 12.5. The first-order valence-electron chi connectivity index (χ1n) is 9.59. The van der Waals surface area contributed by atoms with Gasteiger partial charge < -0.3 is 9.47 Å². The SMILES string of the molecule is CCC[C@@H](C(=O)NNC(=O)[C@@H](C)Oc1ccc(OCC)cc1)c1ccccc1. The summed E-state index contributed by atoms with van der Waals surface area (Å²) in [7, 11) is 0. The Morgan fingerprint density at radius 1 is 0.893 bits per heavy atom. The van der Waals surface area contributed by atoms with E-state index in [4.69, 9.17) is 9.47 Å². The van der Waals surface area contributed by atoms with Crippen LogP contribution in [0.3, 0.4) is 0 Å². The Bertz CT molecular complexity index is 747. The quantitative estimate of drug-likeness (QED) is 0.648. The highest BCUT2D eigenvalue weighted by Crippen LogP contribution is 2.21. The summed E-state index contributed by atoms with van der Waals surface area (Å²) in [6, 6.07) is 16.6. The van der Waals surface area contributed by atoms with Gasteiger partial charge in [0.05, 0.1) is 12.5 Å². The van der Waals surface area contributed by atoms with E-state index < -0.39 is 12.0 Å². The maximum Gasteiger partial charge on any atom is 0.279 e. The van der Waals surface area contributed by atoms with Gasteiger partial charge in [0.1, 0.15) is 11.5 Å². The number of ether oxygens (including phenoxy) is 2. The van der Waals surface area contributed by atoms with E-state index in [0.29, 0.717) is 18.8 Å². The smallest absolute Gasteiger partial charge is 0.279 e. The number of carbonyl (C=O) groups excluding carboxylic acids is 2. The lowest BCUT2D eigenvalue weighted by Gasteiger charge is -2.19. The molecular formula is C22H28N2O4. The topological polar surface area (TPSA) is 76.7 Å². The first-order valence-corrected chi connectivity index (χ1v) is 9.59. The number of rotatable bonds is 9. The summed E-state index contributed by atoms with van der Waals surface area (Å²) in [5.74, 6) is 0.307. The maximum absolute atomic E-state index is 12.5. The molecule has 0 unspecified atom stereocenters. The molecule has 2 amide bonds. The molecule has 28 heavy (non-hydrogen) atoms. The Morgan fingerprint density at radius 3 is 2.11 bits per heavy atom. The third-order valence-corrected chi connectivity index (χ3v) is 4.22. The summed E-state index contributed by atoms with van der Waals surface area (Å²) in [4.78, 5) is 24.8. The molecule has 2 atom stereocenters. The minimum atomic E-state index is -0.764. The highest BCUT2D eigenvalue weighted by molar-refractivity contribution is 5.87. The minimum Gasteiger partial charge on any atom is -0.494 e. The van der Waals surface area contributed by atoms with Crippen molar-refractivity contribution < 1.29 is 19.1 Å². The van der Waals surface area contributed by atoms with Gasteiger partial charge in [-0.2, -0.15) is 0 Å². The second-order valence-corrected chi connectivity index (χ2v) is 6.39. The van der Waals surface area contributed by atoms with E-state index in [1.165, 1.54) is 0 Å². The summed E-state index contributed by atoms with van der Waals surface area (Å²) in [6.07, 6.45) is 0.793.